The molecule has 0 aromatic heterocycles. The van der Waals surface area contributed by atoms with Crippen molar-refractivity contribution in [3.63, 3.8) is 0 Å². The van der Waals surface area contributed by atoms with Crippen LogP contribution in [0.15, 0.2) is 48.5 Å². The lowest BCUT2D eigenvalue weighted by atomic mass is 10.0. The molecule has 138 valence electrons. The van der Waals surface area contributed by atoms with Gasteiger partial charge in [0.1, 0.15) is 5.75 Å². The highest BCUT2D eigenvalue weighted by atomic mass is 32.2. The number of halogens is 3. The van der Waals surface area contributed by atoms with Crippen LogP contribution in [0.25, 0.3) is 11.1 Å². The summed E-state index contributed by atoms with van der Waals surface area (Å²) < 4.78 is 63.0. The fourth-order valence-electron chi connectivity index (χ4n) is 2.05. The molecule has 3 nitrogen and oxygen atoms in total. The van der Waals surface area contributed by atoms with Gasteiger partial charge >= 0.3 is 15.6 Å². The minimum absolute atomic E-state index is 0.399. The van der Waals surface area contributed by atoms with Gasteiger partial charge in [0.05, 0.1) is 0 Å². The summed E-state index contributed by atoms with van der Waals surface area (Å²) in [6, 6.07) is 12.7. The van der Waals surface area contributed by atoms with E-state index in [1.807, 2.05) is 24.3 Å². The molecule has 0 aliphatic carbocycles. The molecule has 2 aromatic rings. The fraction of sp³-hybridized carbons (Fsp3) is 0.263. The third-order valence-corrected chi connectivity index (χ3v) is 4.43. The van der Waals surface area contributed by atoms with Crippen LogP contribution < -0.4 is 4.18 Å². The number of rotatable bonds is 5. The van der Waals surface area contributed by atoms with E-state index < -0.39 is 21.4 Å². The molecule has 0 aliphatic rings. The lowest BCUT2D eigenvalue weighted by molar-refractivity contribution is -0.0500. The Bertz CT molecular complexity index is 888. The molecule has 0 unspecified atom stereocenters. The molecule has 7 heteroatoms. The van der Waals surface area contributed by atoms with Gasteiger partial charge in [-0.3, -0.25) is 0 Å². The molecule has 0 aliphatic heterocycles. The molecule has 0 radical (unpaired) electrons. The third-order valence-electron chi connectivity index (χ3n) is 3.45. The second-order valence-electron chi connectivity index (χ2n) is 5.49. The average molecular weight is 382 g/mol. The van der Waals surface area contributed by atoms with Crippen molar-refractivity contribution in [3.8, 4) is 28.7 Å². The van der Waals surface area contributed by atoms with E-state index >= 15 is 0 Å². The molecule has 0 amide bonds. The van der Waals surface area contributed by atoms with Crippen LogP contribution in [0.5, 0.6) is 5.75 Å². The van der Waals surface area contributed by atoms with Crippen molar-refractivity contribution in [3.05, 3.63) is 54.1 Å². The maximum Gasteiger partial charge on any atom is 0.534 e. The first-order chi connectivity index (χ1) is 12.2. The van der Waals surface area contributed by atoms with Crippen LogP contribution >= 0.6 is 0 Å². The van der Waals surface area contributed by atoms with E-state index in [1.54, 1.807) is 0 Å². The van der Waals surface area contributed by atoms with Gasteiger partial charge in [-0.2, -0.15) is 21.6 Å². The van der Waals surface area contributed by atoms with Crippen LogP contribution in [0.2, 0.25) is 0 Å². The average Bonchev–Trinajstić information content (AvgIpc) is 2.59. The van der Waals surface area contributed by atoms with E-state index in [-0.39, 0.29) is 0 Å². The Morgan fingerprint density at radius 1 is 0.962 bits per heavy atom. The lowest BCUT2D eigenvalue weighted by Gasteiger charge is -2.10. The second kappa shape index (κ2) is 8.28. The summed E-state index contributed by atoms with van der Waals surface area (Å²) in [6.45, 7) is 2.10. The Kier molecular flexibility index (Phi) is 6.32. The Balaban J connectivity index is 2.09. The molecule has 26 heavy (non-hydrogen) atoms. The van der Waals surface area contributed by atoms with Crippen LogP contribution in [0.1, 0.15) is 31.7 Å². The van der Waals surface area contributed by atoms with Crippen molar-refractivity contribution >= 4 is 10.1 Å². The maximum atomic E-state index is 12.3. The quantitative estimate of drug-likeness (QED) is 0.312. The first-order valence-electron chi connectivity index (χ1n) is 7.93. The summed E-state index contributed by atoms with van der Waals surface area (Å²) in [6.07, 6.45) is 3.00. The highest BCUT2D eigenvalue weighted by molar-refractivity contribution is 7.88. The third kappa shape index (κ3) is 5.27. The van der Waals surface area contributed by atoms with Gasteiger partial charge in [-0.05, 0) is 41.8 Å². The first kappa shape index (κ1) is 19.9. The van der Waals surface area contributed by atoms with Gasteiger partial charge < -0.3 is 4.18 Å². The summed E-state index contributed by atoms with van der Waals surface area (Å²) in [7, 11) is -5.66. The molecule has 0 N–H and O–H groups in total. The molecule has 0 atom stereocenters. The summed E-state index contributed by atoms with van der Waals surface area (Å²) in [4.78, 5) is 0. The maximum absolute atomic E-state index is 12.3. The van der Waals surface area contributed by atoms with E-state index in [9.17, 15) is 21.6 Å². The Morgan fingerprint density at radius 3 is 2.00 bits per heavy atom. The first-order valence-corrected chi connectivity index (χ1v) is 9.34. The Hall–Kier alpha value is -2.46. The van der Waals surface area contributed by atoms with Crippen molar-refractivity contribution in [1.29, 1.82) is 0 Å². The highest BCUT2D eigenvalue weighted by Gasteiger charge is 2.48. The van der Waals surface area contributed by atoms with E-state index in [0.29, 0.717) is 5.56 Å². The van der Waals surface area contributed by atoms with Crippen LogP contribution in [0.4, 0.5) is 13.2 Å². The van der Waals surface area contributed by atoms with E-state index in [0.717, 1.165) is 30.4 Å². The Morgan fingerprint density at radius 2 is 1.50 bits per heavy atom. The van der Waals surface area contributed by atoms with E-state index in [2.05, 4.69) is 22.9 Å². The number of benzene rings is 2. The van der Waals surface area contributed by atoms with Crippen LogP contribution in [-0.2, 0) is 10.1 Å². The zero-order valence-corrected chi connectivity index (χ0v) is 14.8. The SMILES string of the molecule is CCCCC#Cc1ccc(-c2ccc(OS(=O)(=O)C(F)(F)F)cc2)cc1. The van der Waals surface area contributed by atoms with E-state index in [1.165, 1.54) is 24.3 Å². The molecule has 0 spiro atoms. The molecule has 2 aromatic carbocycles. The number of hydrogen-bond acceptors (Lipinski definition) is 3. The Labute approximate surface area is 150 Å². The zero-order valence-electron chi connectivity index (χ0n) is 14.0. The van der Waals surface area contributed by atoms with Gasteiger partial charge in [0.15, 0.2) is 0 Å². The summed E-state index contributed by atoms with van der Waals surface area (Å²) in [5.74, 6) is 5.75. The lowest BCUT2D eigenvalue weighted by Crippen LogP contribution is -2.28. The molecule has 2 rings (SSSR count). The fourth-order valence-corrected chi connectivity index (χ4v) is 2.51. The highest BCUT2D eigenvalue weighted by Crippen LogP contribution is 2.28. The van der Waals surface area contributed by atoms with Crippen molar-refractivity contribution in [1.82, 2.24) is 0 Å². The molecule has 0 saturated heterocycles. The van der Waals surface area contributed by atoms with Gasteiger partial charge in [-0.15, -0.1) is 0 Å². The molecular formula is C19H17F3O3S. The number of unbranched alkanes of at least 4 members (excludes halogenated alkanes) is 2. The van der Waals surface area contributed by atoms with Crippen LogP contribution in [-0.4, -0.2) is 13.9 Å². The summed E-state index contributed by atoms with van der Waals surface area (Å²) in [5.41, 5.74) is -3.04. The standard InChI is InChI=1S/C19H17F3O3S/c1-2-3-4-5-6-15-7-9-16(10-8-15)17-11-13-18(14-12-17)25-26(23,24)19(20,21)22/h7-14H,2-4H2,1H3. The number of hydrogen-bond donors (Lipinski definition) is 0. The number of alkyl halides is 3. The topological polar surface area (TPSA) is 43.4 Å². The predicted molar refractivity (Wildman–Crippen MR) is 93.9 cm³/mol. The zero-order chi connectivity index (χ0) is 19.2. The monoisotopic (exact) mass is 382 g/mol. The predicted octanol–water partition coefficient (Wildman–Crippen LogP) is 5.12. The normalized spacial score (nSPS) is 11.5. The molecule has 0 bridgehead atoms. The van der Waals surface area contributed by atoms with Crippen molar-refractivity contribution in [2.45, 2.75) is 31.7 Å². The van der Waals surface area contributed by atoms with Crippen molar-refractivity contribution < 1.29 is 25.8 Å². The van der Waals surface area contributed by atoms with Gasteiger partial charge in [0.2, 0.25) is 0 Å². The minimum atomic E-state index is -5.66. The smallest absolute Gasteiger partial charge is 0.376 e. The molecule has 0 heterocycles. The summed E-state index contributed by atoms with van der Waals surface area (Å²) >= 11 is 0. The van der Waals surface area contributed by atoms with Gasteiger partial charge in [-0.1, -0.05) is 49.5 Å². The summed E-state index contributed by atoms with van der Waals surface area (Å²) in [5, 5.41) is 0. The molecule has 0 fully saturated rings. The second-order valence-corrected chi connectivity index (χ2v) is 7.03. The largest absolute Gasteiger partial charge is 0.534 e. The van der Waals surface area contributed by atoms with Gasteiger partial charge in [0, 0.05) is 12.0 Å². The van der Waals surface area contributed by atoms with E-state index in [4.69, 9.17) is 0 Å². The minimum Gasteiger partial charge on any atom is -0.376 e. The van der Waals surface area contributed by atoms with Gasteiger partial charge in [0.25, 0.3) is 0 Å². The van der Waals surface area contributed by atoms with Crippen molar-refractivity contribution in [2.75, 3.05) is 0 Å². The van der Waals surface area contributed by atoms with Gasteiger partial charge in [-0.25, -0.2) is 0 Å². The van der Waals surface area contributed by atoms with Crippen LogP contribution in [0, 0.1) is 11.8 Å². The van der Waals surface area contributed by atoms with Crippen LogP contribution in [0.3, 0.4) is 0 Å². The molecular weight excluding hydrogens is 365 g/mol. The molecule has 0 saturated carbocycles. The van der Waals surface area contributed by atoms with Crippen molar-refractivity contribution in [2.24, 2.45) is 0 Å².